The number of aliphatic carboxylic acids is 1. The molecule has 1 heterocycles. The molecule has 0 radical (unpaired) electrons. The monoisotopic (exact) mass is 269 g/mol. The Labute approximate surface area is 101 Å². The van der Waals surface area contributed by atoms with Gasteiger partial charge < -0.3 is 15.2 Å². The van der Waals surface area contributed by atoms with Crippen molar-refractivity contribution in [1.82, 2.24) is 5.32 Å². The van der Waals surface area contributed by atoms with Crippen molar-refractivity contribution in [1.29, 1.82) is 0 Å². The summed E-state index contributed by atoms with van der Waals surface area (Å²) in [6, 6.07) is -2.36. The van der Waals surface area contributed by atoms with Crippen LogP contribution in [0.3, 0.4) is 0 Å². The fourth-order valence-corrected chi connectivity index (χ4v) is 1.66. The molecule has 1 rings (SSSR count). The van der Waals surface area contributed by atoms with E-state index >= 15 is 0 Å². The van der Waals surface area contributed by atoms with Gasteiger partial charge in [0.1, 0.15) is 6.04 Å². The van der Waals surface area contributed by atoms with Crippen molar-refractivity contribution >= 4 is 11.9 Å². The third-order valence-electron chi connectivity index (χ3n) is 2.62. The number of carbonyl (C=O) groups excluding carboxylic acids is 1. The van der Waals surface area contributed by atoms with Gasteiger partial charge in [-0.3, -0.25) is 9.59 Å². The molecular formula is C10H14F3NO4. The molecule has 5 nitrogen and oxygen atoms in total. The fourth-order valence-electron chi connectivity index (χ4n) is 1.66. The summed E-state index contributed by atoms with van der Waals surface area (Å²) in [4.78, 5) is 21.9. The molecule has 2 unspecified atom stereocenters. The average molecular weight is 269 g/mol. The molecule has 0 bridgehead atoms. The van der Waals surface area contributed by atoms with Crippen LogP contribution < -0.4 is 5.32 Å². The fraction of sp³-hybridized carbons (Fsp3) is 0.800. The van der Waals surface area contributed by atoms with Crippen LogP contribution in [0, 0.1) is 5.92 Å². The highest BCUT2D eigenvalue weighted by atomic mass is 19.4. The van der Waals surface area contributed by atoms with E-state index in [9.17, 15) is 22.8 Å². The first-order chi connectivity index (χ1) is 8.30. The molecule has 1 amide bonds. The molecular weight excluding hydrogens is 255 g/mol. The molecule has 0 aliphatic carbocycles. The van der Waals surface area contributed by atoms with Gasteiger partial charge in [-0.25, -0.2) is 0 Å². The quantitative estimate of drug-likeness (QED) is 0.796. The SMILES string of the molecule is O=C(O)CC(NC(=O)C1CCCOC1)C(F)(F)F. The topological polar surface area (TPSA) is 75.6 Å². The van der Waals surface area contributed by atoms with E-state index in [1.54, 1.807) is 5.32 Å². The number of hydrogen-bond donors (Lipinski definition) is 2. The van der Waals surface area contributed by atoms with E-state index in [1.165, 1.54) is 0 Å². The predicted octanol–water partition coefficient (Wildman–Crippen LogP) is 0.935. The number of nitrogens with one attached hydrogen (secondary N) is 1. The summed E-state index contributed by atoms with van der Waals surface area (Å²) in [6.45, 7) is 0.561. The summed E-state index contributed by atoms with van der Waals surface area (Å²) >= 11 is 0. The minimum Gasteiger partial charge on any atom is -0.481 e. The molecule has 0 spiro atoms. The largest absolute Gasteiger partial charge is 0.481 e. The molecule has 0 aromatic carbocycles. The van der Waals surface area contributed by atoms with Crippen LogP contribution in [-0.2, 0) is 14.3 Å². The van der Waals surface area contributed by atoms with E-state index in [4.69, 9.17) is 9.84 Å². The highest BCUT2D eigenvalue weighted by molar-refractivity contribution is 5.80. The first kappa shape index (κ1) is 14.7. The average Bonchev–Trinajstić information content (AvgIpc) is 2.27. The third kappa shape index (κ3) is 4.52. The van der Waals surface area contributed by atoms with Gasteiger partial charge in [-0.15, -0.1) is 0 Å². The summed E-state index contributed by atoms with van der Waals surface area (Å²) in [5.74, 6) is -3.06. The van der Waals surface area contributed by atoms with Crippen LogP contribution in [-0.4, -0.2) is 42.4 Å². The smallest absolute Gasteiger partial charge is 0.409 e. The molecule has 0 saturated carbocycles. The summed E-state index contributed by atoms with van der Waals surface area (Å²) in [7, 11) is 0. The molecule has 1 aliphatic rings. The minimum atomic E-state index is -4.77. The lowest BCUT2D eigenvalue weighted by molar-refractivity contribution is -0.171. The maximum Gasteiger partial charge on any atom is 0.409 e. The number of carboxylic acids is 1. The maximum atomic E-state index is 12.5. The Morgan fingerprint density at radius 1 is 1.44 bits per heavy atom. The molecule has 1 aliphatic heterocycles. The van der Waals surface area contributed by atoms with Gasteiger partial charge in [0, 0.05) is 6.61 Å². The normalized spacial score (nSPS) is 22.3. The molecule has 2 atom stereocenters. The lowest BCUT2D eigenvalue weighted by Crippen LogP contribution is -2.49. The number of hydrogen-bond acceptors (Lipinski definition) is 3. The molecule has 104 valence electrons. The van der Waals surface area contributed by atoms with E-state index in [1.807, 2.05) is 0 Å². The summed E-state index contributed by atoms with van der Waals surface area (Å²) < 4.78 is 42.5. The van der Waals surface area contributed by atoms with E-state index < -0.39 is 36.4 Å². The molecule has 18 heavy (non-hydrogen) atoms. The second-order valence-electron chi connectivity index (χ2n) is 4.11. The number of halogens is 3. The zero-order valence-electron chi connectivity index (χ0n) is 9.50. The standard InChI is InChI=1S/C10H14F3NO4/c11-10(12,13)7(4-8(15)16)14-9(17)6-2-1-3-18-5-6/h6-7H,1-5H2,(H,14,17)(H,15,16). The lowest BCUT2D eigenvalue weighted by Gasteiger charge is -2.25. The Morgan fingerprint density at radius 2 is 2.11 bits per heavy atom. The summed E-state index contributed by atoms with van der Waals surface area (Å²) in [6.07, 6.45) is -4.90. The van der Waals surface area contributed by atoms with Gasteiger partial charge in [-0.05, 0) is 12.8 Å². The van der Waals surface area contributed by atoms with Gasteiger partial charge in [-0.2, -0.15) is 13.2 Å². The lowest BCUT2D eigenvalue weighted by atomic mass is 10.0. The maximum absolute atomic E-state index is 12.5. The van der Waals surface area contributed by atoms with Crippen LogP contribution in [0.25, 0.3) is 0 Å². The molecule has 0 aromatic rings. The van der Waals surface area contributed by atoms with Crippen molar-refractivity contribution in [2.45, 2.75) is 31.5 Å². The van der Waals surface area contributed by atoms with Gasteiger partial charge >= 0.3 is 12.1 Å². The van der Waals surface area contributed by atoms with Gasteiger partial charge in [0.05, 0.1) is 18.9 Å². The van der Waals surface area contributed by atoms with Crippen LogP contribution in [0.5, 0.6) is 0 Å². The van der Waals surface area contributed by atoms with Crippen LogP contribution in [0.2, 0.25) is 0 Å². The number of ether oxygens (including phenoxy) is 1. The second-order valence-corrected chi connectivity index (χ2v) is 4.11. The predicted molar refractivity (Wildman–Crippen MR) is 53.8 cm³/mol. The Balaban J connectivity index is 2.59. The van der Waals surface area contributed by atoms with E-state index in [0.717, 1.165) is 0 Å². The van der Waals surface area contributed by atoms with Crippen LogP contribution in [0.1, 0.15) is 19.3 Å². The van der Waals surface area contributed by atoms with Crippen molar-refractivity contribution in [3.05, 3.63) is 0 Å². The van der Waals surface area contributed by atoms with Crippen LogP contribution in [0.15, 0.2) is 0 Å². The number of rotatable bonds is 4. The van der Waals surface area contributed by atoms with Gasteiger partial charge in [0.25, 0.3) is 0 Å². The van der Waals surface area contributed by atoms with Crippen molar-refractivity contribution < 1.29 is 32.6 Å². The summed E-state index contributed by atoms with van der Waals surface area (Å²) in [5, 5.41) is 10.1. The zero-order chi connectivity index (χ0) is 13.8. The van der Waals surface area contributed by atoms with E-state index in [-0.39, 0.29) is 6.61 Å². The molecule has 1 fully saturated rings. The van der Waals surface area contributed by atoms with Gasteiger partial charge in [0.2, 0.25) is 5.91 Å². The first-order valence-corrected chi connectivity index (χ1v) is 5.47. The number of carboxylic acid groups (broad SMARTS) is 1. The van der Waals surface area contributed by atoms with Gasteiger partial charge in [-0.1, -0.05) is 0 Å². The highest BCUT2D eigenvalue weighted by Gasteiger charge is 2.42. The second kappa shape index (κ2) is 6.03. The summed E-state index contributed by atoms with van der Waals surface area (Å²) in [5.41, 5.74) is 0. The van der Waals surface area contributed by atoms with E-state index in [2.05, 4.69) is 0 Å². The Hall–Kier alpha value is -1.31. The van der Waals surface area contributed by atoms with Crippen molar-refractivity contribution in [2.75, 3.05) is 13.2 Å². The van der Waals surface area contributed by atoms with Crippen molar-refractivity contribution in [3.63, 3.8) is 0 Å². The van der Waals surface area contributed by atoms with Crippen LogP contribution in [0.4, 0.5) is 13.2 Å². The van der Waals surface area contributed by atoms with E-state index in [0.29, 0.717) is 19.4 Å². The molecule has 0 aromatic heterocycles. The number of alkyl halides is 3. The highest BCUT2D eigenvalue weighted by Crippen LogP contribution is 2.23. The van der Waals surface area contributed by atoms with Gasteiger partial charge in [0.15, 0.2) is 0 Å². The third-order valence-corrected chi connectivity index (χ3v) is 2.62. The molecule has 8 heteroatoms. The van der Waals surface area contributed by atoms with Crippen molar-refractivity contribution in [2.24, 2.45) is 5.92 Å². The Morgan fingerprint density at radius 3 is 2.56 bits per heavy atom. The number of amides is 1. The molecule has 2 N–H and O–H groups in total. The minimum absolute atomic E-state index is 0.0729. The first-order valence-electron chi connectivity index (χ1n) is 5.47. The Kier molecular flexibility index (Phi) is 4.94. The van der Waals surface area contributed by atoms with Crippen molar-refractivity contribution in [3.8, 4) is 0 Å². The number of carbonyl (C=O) groups is 2. The Bertz CT molecular complexity index is 313. The molecule has 1 saturated heterocycles. The zero-order valence-corrected chi connectivity index (χ0v) is 9.50. The van der Waals surface area contributed by atoms with Crippen LogP contribution >= 0.6 is 0 Å².